The molecule has 176 valence electrons. The molecule has 4 aromatic rings. The minimum Gasteiger partial charge on any atom is -0.507 e. The Morgan fingerprint density at radius 2 is 1.29 bits per heavy atom. The van der Waals surface area contributed by atoms with Crippen LogP contribution in [0.3, 0.4) is 0 Å². The first-order chi connectivity index (χ1) is 17.1. The standard InChI is InChI=1S/C27H23N3O5/c31-24-13-7-12-21-16-22(14-15-23(21)24)28-25(29-26(32)34-17-19-8-3-1-4-9-19)30-27(33)35-18-20-10-5-2-6-11-20/h1-16,31H,17-18H2,(H2,28,29,30,32,33). The highest BCUT2D eigenvalue weighted by molar-refractivity contribution is 6.02. The van der Waals surface area contributed by atoms with E-state index < -0.39 is 12.2 Å². The highest BCUT2D eigenvalue weighted by atomic mass is 16.6. The molecule has 0 heterocycles. The summed E-state index contributed by atoms with van der Waals surface area (Å²) >= 11 is 0. The number of hydrogen-bond acceptors (Lipinski definition) is 6. The Morgan fingerprint density at radius 1 is 0.714 bits per heavy atom. The summed E-state index contributed by atoms with van der Waals surface area (Å²) in [5.41, 5.74) is 2.06. The molecule has 0 aliphatic rings. The van der Waals surface area contributed by atoms with Gasteiger partial charge in [-0.25, -0.2) is 14.6 Å². The number of amides is 2. The van der Waals surface area contributed by atoms with Crippen molar-refractivity contribution in [3.63, 3.8) is 0 Å². The second kappa shape index (κ2) is 11.3. The Hall–Kier alpha value is -4.85. The van der Waals surface area contributed by atoms with Crippen molar-refractivity contribution < 1.29 is 24.2 Å². The smallest absolute Gasteiger partial charge is 0.414 e. The van der Waals surface area contributed by atoms with E-state index >= 15 is 0 Å². The first-order valence-electron chi connectivity index (χ1n) is 10.8. The third-order valence-electron chi connectivity index (χ3n) is 4.95. The van der Waals surface area contributed by atoms with Gasteiger partial charge in [0.25, 0.3) is 0 Å². The number of fused-ring (bicyclic) bond motifs is 1. The van der Waals surface area contributed by atoms with Gasteiger partial charge in [-0.05, 0) is 40.8 Å². The molecule has 4 aromatic carbocycles. The molecule has 0 spiro atoms. The second-order valence-electron chi connectivity index (χ2n) is 7.52. The zero-order valence-corrected chi connectivity index (χ0v) is 18.7. The largest absolute Gasteiger partial charge is 0.507 e. The molecule has 0 fully saturated rings. The third-order valence-corrected chi connectivity index (χ3v) is 4.95. The van der Waals surface area contributed by atoms with Gasteiger partial charge >= 0.3 is 12.2 Å². The zero-order chi connectivity index (χ0) is 24.5. The van der Waals surface area contributed by atoms with Crippen LogP contribution in [0.25, 0.3) is 10.8 Å². The molecule has 4 rings (SSSR count). The highest BCUT2D eigenvalue weighted by Gasteiger charge is 2.13. The van der Waals surface area contributed by atoms with Gasteiger partial charge < -0.3 is 14.6 Å². The monoisotopic (exact) mass is 469 g/mol. The van der Waals surface area contributed by atoms with Gasteiger partial charge in [0.1, 0.15) is 19.0 Å². The van der Waals surface area contributed by atoms with Crippen molar-refractivity contribution in [2.45, 2.75) is 13.2 Å². The van der Waals surface area contributed by atoms with Crippen molar-refractivity contribution in [2.75, 3.05) is 0 Å². The number of phenolic OH excluding ortho intramolecular Hbond substituents is 1. The van der Waals surface area contributed by atoms with Crippen molar-refractivity contribution in [3.05, 3.63) is 108 Å². The Morgan fingerprint density at radius 3 is 1.86 bits per heavy atom. The molecule has 0 bridgehead atoms. The topological polar surface area (TPSA) is 109 Å². The van der Waals surface area contributed by atoms with E-state index in [4.69, 9.17) is 9.47 Å². The van der Waals surface area contributed by atoms with Crippen molar-refractivity contribution in [3.8, 4) is 5.75 Å². The number of guanidine groups is 1. The predicted octanol–water partition coefficient (Wildman–Crippen LogP) is 5.39. The lowest BCUT2D eigenvalue weighted by Gasteiger charge is -2.12. The number of benzene rings is 4. The zero-order valence-electron chi connectivity index (χ0n) is 18.7. The highest BCUT2D eigenvalue weighted by Crippen LogP contribution is 2.27. The van der Waals surface area contributed by atoms with Gasteiger partial charge in [-0.2, -0.15) is 0 Å². The van der Waals surface area contributed by atoms with Gasteiger partial charge in [-0.15, -0.1) is 0 Å². The van der Waals surface area contributed by atoms with Gasteiger partial charge in [0.15, 0.2) is 0 Å². The number of nitrogens with one attached hydrogen (secondary N) is 2. The first-order valence-corrected chi connectivity index (χ1v) is 10.8. The number of hydrogen-bond donors (Lipinski definition) is 3. The van der Waals surface area contributed by atoms with E-state index in [9.17, 15) is 14.7 Å². The van der Waals surface area contributed by atoms with Crippen molar-refractivity contribution in [1.82, 2.24) is 10.6 Å². The van der Waals surface area contributed by atoms with Crippen LogP contribution in [0.2, 0.25) is 0 Å². The number of aromatic hydroxyl groups is 1. The number of carbonyl (C=O) groups is 2. The molecule has 8 nitrogen and oxygen atoms in total. The molecule has 0 radical (unpaired) electrons. The summed E-state index contributed by atoms with van der Waals surface area (Å²) in [6.07, 6.45) is -1.59. The average Bonchev–Trinajstić information content (AvgIpc) is 2.87. The molecule has 3 N–H and O–H groups in total. The number of carbonyl (C=O) groups excluding carboxylic acids is 2. The van der Waals surface area contributed by atoms with Crippen LogP contribution >= 0.6 is 0 Å². The summed E-state index contributed by atoms with van der Waals surface area (Å²) in [5.74, 6) is -0.0240. The van der Waals surface area contributed by atoms with E-state index in [-0.39, 0.29) is 24.9 Å². The number of alkyl carbamates (subject to hydrolysis) is 2. The van der Waals surface area contributed by atoms with E-state index in [0.29, 0.717) is 11.1 Å². The van der Waals surface area contributed by atoms with Crippen LogP contribution < -0.4 is 10.6 Å². The lowest BCUT2D eigenvalue weighted by molar-refractivity contribution is 0.141. The summed E-state index contributed by atoms with van der Waals surface area (Å²) < 4.78 is 10.5. The molecule has 0 atom stereocenters. The lowest BCUT2D eigenvalue weighted by Crippen LogP contribution is -2.44. The number of ether oxygens (including phenoxy) is 2. The van der Waals surface area contributed by atoms with Crippen molar-refractivity contribution in [2.24, 2.45) is 4.99 Å². The van der Waals surface area contributed by atoms with E-state index in [1.54, 1.807) is 30.3 Å². The maximum absolute atomic E-state index is 12.4. The van der Waals surface area contributed by atoms with Crippen LogP contribution in [-0.4, -0.2) is 23.3 Å². The first kappa shape index (κ1) is 23.3. The van der Waals surface area contributed by atoms with Crippen molar-refractivity contribution >= 4 is 34.6 Å². The van der Waals surface area contributed by atoms with Crippen LogP contribution in [0.4, 0.5) is 15.3 Å². The van der Waals surface area contributed by atoms with Crippen LogP contribution in [0, 0.1) is 0 Å². The number of rotatable bonds is 5. The molecule has 0 saturated carbocycles. The molecular weight excluding hydrogens is 446 g/mol. The number of nitrogens with zero attached hydrogens (tertiary/aromatic N) is 1. The van der Waals surface area contributed by atoms with Crippen LogP contribution in [0.5, 0.6) is 5.75 Å². The summed E-state index contributed by atoms with van der Waals surface area (Å²) in [5, 5.41) is 16.3. The molecule has 2 amide bonds. The molecule has 0 saturated heterocycles. The van der Waals surface area contributed by atoms with E-state index in [2.05, 4.69) is 15.6 Å². The van der Waals surface area contributed by atoms with Gasteiger partial charge in [0.2, 0.25) is 5.96 Å². The fraction of sp³-hybridized carbons (Fsp3) is 0.0741. The number of aliphatic imine (C=N–C) groups is 1. The van der Waals surface area contributed by atoms with Gasteiger partial charge in [-0.1, -0.05) is 72.8 Å². The molecule has 0 aliphatic carbocycles. The summed E-state index contributed by atoms with van der Waals surface area (Å²) in [6, 6.07) is 28.6. The predicted molar refractivity (Wildman–Crippen MR) is 132 cm³/mol. The minimum absolute atomic E-state index is 0.0493. The third kappa shape index (κ3) is 6.82. The molecule has 35 heavy (non-hydrogen) atoms. The Balaban J connectivity index is 1.48. The average molecular weight is 469 g/mol. The van der Waals surface area contributed by atoms with Crippen LogP contribution in [0.1, 0.15) is 11.1 Å². The molecule has 0 aromatic heterocycles. The maximum Gasteiger partial charge on any atom is 0.414 e. The lowest BCUT2D eigenvalue weighted by atomic mass is 10.1. The van der Waals surface area contributed by atoms with Gasteiger partial charge in [0.05, 0.1) is 5.69 Å². The van der Waals surface area contributed by atoms with E-state index in [1.165, 1.54) is 0 Å². The van der Waals surface area contributed by atoms with Crippen LogP contribution in [0.15, 0.2) is 102 Å². The van der Waals surface area contributed by atoms with Gasteiger partial charge in [-0.3, -0.25) is 10.6 Å². The number of phenols is 1. The van der Waals surface area contributed by atoms with E-state index in [1.807, 2.05) is 66.7 Å². The Bertz CT molecular complexity index is 1280. The Kier molecular flexibility index (Phi) is 7.55. The molecular formula is C27H23N3O5. The molecule has 0 unspecified atom stereocenters. The van der Waals surface area contributed by atoms with E-state index in [0.717, 1.165) is 16.5 Å². The molecule has 8 heteroatoms. The summed E-state index contributed by atoms with van der Waals surface area (Å²) in [6.45, 7) is 0.0985. The maximum atomic E-state index is 12.4. The Labute approximate surface area is 201 Å². The van der Waals surface area contributed by atoms with Gasteiger partial charge in [0, 0.05) is 5.39 Å². The normalized spacial score (nSPS) is 10.3. The fourth-order valence-electron chi connectivity index (χ4n) is 3.25. The minimum atomic E-state index is -0.797. The van der Waals surface area contributed by atoms with Crippen molar-refractivity contribution in [1.29, 1.82) is 0 Å². The quantitative estimate of drug-likeness (QED) is 0.268. The summed E-state index contributed by atoms with van der Waals surface area (Å²) in [4.78, 5) is 29.1. The summed E-state index contributed by atoms with van der Waals surface area (Å²) in [7, 11) is 0. The fourth-order valence-corrected chi connectivity index (χ4v) is 3.25. The second-order valence-corrected chi connectivity index (χ2v) is 7.52. The van der Waals surface area contributed by atoms with Crippen LogP contribution in [-0.2, 0) is 22.7 Å². The SMILES string of the molecule is O=C(NC(=Nc1ccc2c(O)cccc2c1)NC(=O)OCc1ccccc1)OCc1ccccc1. The molecule has 0 aliphatic heterocycles.